The molecule has 0 aromatic carbocycles. The summed E-state index contributed by atoms with van der Waals surface area (Å²) in [4.78, 5) is 36.3. The number of amides is 1. The molecule has 0 saturated heterocycles. The number of carbonyl (C=O) groups excluding carboxylic acids is 1. The van der Waals surface area contributed by atoms with Crippen molar-refractivity contribution in [1.29, 1.82) is 0 Å². The Morgan fingerprint density at radius 3 is 2.43 bits per heavy atom. The molecule has 7 heteroatoms. The number of aromatic nitrogens is 3. The van der Waals surface area contributed by atoms with Crippen LogP contribution in [0.5, 0.6) is 0 Å². The molecule has 0 fully saturated rings. The lowest BCUT2D eigenvalue weighted by molar-refractivity contribution is 0.0945. The molecule has 2 heterocycles. The SMILES string of the molecule is CCCCNC(=O)c1cc2c(=O)n(C)c(=O)n(C)c2n1C. The molecule has 1 N–H and O–H groups in total. The van der Waals surface area contributed by atoms with E-state index in [1.165, 1.54) is 11.6 Å². The molecular weight excluding hydrogens is 272 g/mol. The highest BCUT2D eigenvalue weighted by Gasteiger charge is 2.18. The van der Waals surface area contributed by atoms with E-state index in [0.29, 0.717) is 23.3 Å². The largest absolute Gasteiger partial charge is 0.351 e. The maximum absolute atomic E-state index is 12.2. The van der Waals surface area contributed by atoms with Crippen LogP contribution in [0.3, 0.4) is 0 Å². The van der Waals surface area contributed by atoms with Crippen molar-refractivity contribution in [2.75, 3.05) is 6.54 Å². The van der Waals surface area contributed by atoms with E-state index < -0.39 is 11.2 Å². The van der Waals surface area contributed by atoms with Crippen LogP contribution in [0, 0.1) is 0 Å². The van der Waals surface area contributed by atoms with Crippen molar-refractivity contribution in [1.82, 2.24) is 19.0 Å². The number of fused-ring (bicyclic) bond motifs is 1. The molecule has 0 aliphatic carbocycles. The molecule has 0 aliphatic heterocycles. The van der Waals surface area contributed by atoms with Gasteiger partial charge < -0.3 is 9.88 Å². The van der Waals surface area contributed by atoms with Gasteiger partial charge in [-0.15, -0.1) is 0 Å². The molecule has 0 bridgehead atoms. The van der Waals surface area contributed by atoms with Crippen molar-refractivity contribution in [3.63, 3.8) is 0 Å². The highest BCUT2D eigenvalue weighted by Crippen LogP contribution is 2.13. The number of nitrogens with one attached hydrogen (secondary N) is 1. The van der Waals surface area contributed by atoms with Crippen LogP contribution in [0.2, 0.25) is 0 Å². The standard InChI is InChI=1S/C14H20N4O3/c1-5-6-7-15-11(19)10-8-9-12(16(10)2)17(3)14(21)18(4)13(9)20/h8H,5-7H2,1-4H3,(H,15,19). The summed E-state index contributed by atoms with van der Waals surface area (Å²) in [5.74, 6) is -0.239. The summed E-state index contributed by atoms with van der Waals surface area (Å²) in [6, 6.07) is 1.54. The summed E-state index contributed by atoms with van der Waals surface area (Å²) in [5.41, 5.74) is 0.0195. The minimum atomic E-state index is -0.411. The predicted octanol–water partition coefficient (Wildman–Crippen LogP) is 0.106. The average molecular weight is 292 g/mol. The van der Waals surface area contributed by atoms with Crippen LogP contribution in [0.4, 0.5) is 0 Å². The summed E-state index contributed by atoms with van der Waals surface area (Å²) in [5, 5.41) is 3.18. The molecule has 0 unspecified atom stereocenters. The zero-order valence-electron chi connectivity index (χ0n) is 12.8. The Labute approximate surface area is 121 Å². The van der Waals surface area contributed by atoms with Crippen molar-refractivity contribution < 1.29 is 4.79 Å². The first kappa shape index (κ1) is 15.1. The average Bonchev–Trinajstić information content (AvgIpc) is 2.81. The Morgan fingerprint density at radius 2 is 1.81 bits per heavy atom. The third-order valence-electron chi connectivity index (χ3n) is 3.68. The molecule has 0 aliphatic rings. The number of hydrogen-bond acceptors (Lipinski definition) is 3. The third kappa shape index (κ3) is 2.39. The fourth-order valence-electron chi connectivity index (χ4n) is 2.43. The predicted molar refractivity (Wildman–Crippen MR) is 80.6 cm³/mol. The highest BCUT2D eigenvalue weighted by atomic mass is 16.2. The van der Waals surface area contributed by atoms with Crippen LogP contribution in [0.25, 0.3) is 11.0 Å². The number of rotatable bonds is 4. The lowest BCUT2D eigenvalue weighted by atomic mass is 10.3. The van der Waals surface area contributed by atoms with Crippen LogP contribution >= 0.6 is 0 Å². The number of hydrogen-bond donors (Lipinski definition) is 1. The van der Waals surface area contributed by atoms with Gasteiger partial charge in [-0.25, -0.2) is 4.79 Å². The van der Waals surface area contributed by atoms with Gasteiger partial charge in [0.2, 0.25) is 0 Å². The zero-order valence-corrected chi connectivity index (χ0v) is 12.8. The molecule has 0 saturated carbocycles. The first-order valence-corrected chi connectivity index (χ1v) is 6.93. The molecule has 1 amide bonds. The van der Waals surface area contributed by atoms with E-state index in [-0.39, 0.29) is 5.91 Å². The number of nitrogens with zero attached hydrogens (tertiary/aromatic N) is 3. The van der Waals surface area contributed by atoms with E-state index in [1.807, 2.05) is 6.92 Å². The highest BCUT2D eigenvalue weighted by molar-refractivity contribution is 5.97. The number of carbonyl (C=O) groups is 1. The second-order valence-corrected chi connectivity index (χ2v) is 5.14. The number of aryl methyl sites for hydroxylation is 2. The van der Waals surface area contributed by atoms with E-state index >= 15 is 0 Å². The quantitative estimate of drug-likeness (QED) is 0.812. The Hall–Kier alpha value is -2.31. The van der Waals surface area contributed by atoms with Crippen LogP contribution in [-0.2, 0) is 21.1 Å². The van der Waals surface area contributed by atoms with Gasteiger partial charge in [-0.05, 0) is 12.5 Å². The Kier molecular flexibility index (Phi) is 4.02. The summed E-state index contributed by atoms with van der Waals surface area (Å²) < 4.78 is 4.00. The smallest absolute Gasteiger partial charge is 0.332 e. The summed E-state index contributed by atoms with van der Waals surface area (Å²) in [6.07, 6.45) is 1.89. The van der Waals surface area contributed by atoms with Crippen molar-refractivity contribution in [3.05, 3.63) is 32.6 Å². The van der Waals surface area contributed by atoms with Crippen LogP contribution in [0.15, 0.2) is 15.7 Å². The lowest BCUT2D eigenvalue weighted by Gasteiger charge is -2.08. The van der Waals surface area contributed by atoms with Crippen molar-refractivity contribution in [2.45, 2.75) is 19.8 Å². The van der Waals surface area contributed by atoms with Gasteiger partial charge in [-0.1, -0.05) is 13.3 Å². The molecule has 21 heavy (non-hydrogen) atoms. The zero-order chi connectivity index (χ0) is 15.7. The molecule has 0 atom stereocenters. The minimum Gasteiger partial charge on any atom is -0.351 e. The van der Waals surface area contributed by atoms with E-state index in [4.69, 9.17) is 0 Å². The molecule has 2 aromatic rings. The van der Waals surface area contributed by atoms with Crippen molar-refractivity contribution in [2.24, 2.45) is 21.1 Å². The fourth-order valence-corrected chi connectivity index (χ4v) is 2.43. The van der Waals surface area contributed by atoms with Gasteiger partial charge in [-0.2, -0.15) is 0 Å². The lowest BCUT2D eigenvalue weighted by Crippen LogP contribution is -2.37. The normalized spacial score (nSPS) is 11.0. The van der Waals surface area contributed by atoms with Gasteiger partial charge in [0.05, 0.1) is 5.39 Å². The van der Waals surface area contributed by atoms with Crippen molar-refractivity contribution >= 4 is 16.9 Å². The van der Waals surface area contributed by atoms with Gasteiger partial charge in [0.15, 0.2) is 0 Å². The van der Waals surface area contributed by atoms with Gasteiger partial charge in [0, 0.05) is 27.7 Å². The first-order chi connectivity index (χ1) is 9.90. The topological polar surface area (TPSA) is 78.0 Å². The molecule has 2 rings (SSSR count). The van der Waals surface area contributed by atoms with Crippen LogP contribution in [0.1, 0.15) is 30.3 Å². The van der Waals surface area contributed by atoms with Crippen LogP contribution in [-0.4, -0.2) is 26.2 Å². The van der Waals surface area contributed by atoms with Gasteiger partial charge >= 0.3 is 5.69 Å². The van der Waals surface area contributed by atoms with Crippen molar-refractivity contribution in [3.8, 4) is 0 Å². The fraction of sp³-hybridized carbons (Fsp3) is 0.500. The molecule has 114 valence electrons. The number of unbranched alkanes of at least 4 members (excludes halogenated alkanes) is 1. The Bertz CT molecular complexity index is 810. The Morgan fingerprint density at radius 1 is 1.14 bits per heavy atom. The van der Waals surface area contributed by atoms with Gasteiger partial charge in [0.25, 0.3) is 11.5 Å². The van der Waals surface area contributed by atoms with E-state index in [9.17, 15) is 14.4 Å². The van der Waals surface area contributed by atoms with Gasteiger partial charge in [0.1, 0.15) is 11.3 Å². The van der Waals surface area contributed by atoms with E-state index in [1.54, 1.807) is 24.7 Å². The molecule has 0 spiro atoms. The third-order valence-corrected chi connectivity index (χ3v) is 3.68. The summed E-state index contributed by atoms with van der Waals surface area (Å²) in [7, 11) is 4.69. The summed E-state index contributed by atoms with van der Waals surface area (Å²) >= 11 is 0. The second-order valence-electron chi connectivity index (χ2n) is 5.14. The van der Waals surface area contributed by atoms with E-state index in [2.05, 4.69) is 5.32 Å². The van der Waals surface area contributed by atoms with Gasteiger partial charge in [-0.3, -0.25) is 18.7 Å². The monoisotopic (exact) mass is 292 g/mol. The second kappa shape index (κ2) is 5.59. The maximum Gasteiger partial charge on any atom is 0.332 e. The van der Waals surface area contributed by atoms with Crippen LogP contribution < -0.4 is 16.6 Å². The Balaban J connectivity index is 2.59. The first-order valence-electron chi connectivity index (χ1n) is 6.93. The molecule has 7 nitrogen and oxygen atoms in total. The molecular formula is C14H20N4O3. The molecule has 0 radical (unpaired) electrons. The van der Waals surface area contributed by atoms with E-state index in [0.717, 1.165) is 17.4 Å². The molecule has 2 aromatic heterocycles. The maximum atomic E-state index is 12.2. The summed E-state index contributed by atoms with van der Waals surface area (Å²) in [6.45, 7) is 2.64. The minimum absolute atomic E-state index is 0.239.